The fraction of sp³-hybridized carbons (Fsp3) is 0.471. The Labute approximate surface area is 145 Å². The van der Waals surface area contributed by atoms with E-state index in [1.165, 1.54) is 5.56 Å². The van der Waals surface area contributed by atoms with Gasteiger partial charge in [0.15, 0.2) is 6.23 Å². The molecule has 3 rings (SSSR count). The lowest BCUT2D eigenvalue weighted by Gasteiger charge is -2.20. The highest BCUT2D eigenvalue weighted by molar-refractivity contribution is 7.71. The van der Waals surface area contributed by atoms with E-state index in [0.717, 1.165) is 10.8 Å². The number of hydrogen-bond donors (Lipinski definition) is 2. The zero-order chi connectivity index (χ0) is 17.3. The molecule has 24 heavy (non-hydrogen) atoms. The predicted molar refractivity (Wildman–Crippen MR) is 93.2 cm³/mol. The summed E-state index contributed by atoms with van der Waals surface area (Å²) in [6.45, 7) is 2.36. The SMILES string of the molecule is CNOC1C(COC)OC(n2ccc3cc(C)ccc3c2=S)C1O. The van der Waals surface area contributed by atoms with Crippen LogP contribution in [0, 0.1) is 11.6 Å². The maximum absolute atomic E-state index is 10.7. The molecule has 1 aliphatic rings. The summed E-state index contributed by atoms with van der Waals surface area (Å²) in [5, 5.41) is 12.7. The van der Waals surface area contributed by atoms with Gasteiger partial charge in [0.1, 0.15) is 23.0 Å². The van der Waals surface area contributed by atoms with Crippen molar-refractivity contribution in [1.29, 1.82) is 0 Å². The van der Waals surface area contributed by atoms with Crippen molar-refractivity contribution in [3.63, 3.8) is 0 Å². The minimum Gasteiger partial charge on any atom is -0.385 e. The maximum atomic E-state index is 10.7. The molecule has 0 spiro atoms. The van der Waals surface area contributed by atoms with Gasteiger partial charge in [-0.05, 0) is 18.4 Å². The molecule has 1 aliphatic heterocycles. The topological polar surface area (TPSA) is 64.9 Å². The van der Waals surface area contributed by atoms with Crippen molar-refractivity contribution in [2.75, 3.05) is 20.8 Å². The largest absolute Gasteiger partial charge is 0.385 e. The lowest BCUT2D eigenvalue weighted by Crippen LogP contribution is -2.39. The van der Waals surface area contributed by atoms with E-state index in [1.807, 2.05) is 31.3 Å². The molecule has 0 aliphatic carbocycles. The van der Waals surface area contributed by atoms with Gasteiger partial charge in [0, 0.05) is 25.7 Å². The van der Waals surface area contributed by atoms with Crippen molar-refractivity contribution in [1.82, 2.24) is 10.0 Å². The number of fused-ring (bicyclic) bond motifs is 1. The van der Waals surface area contributed by atoms with Gasteiger partial charge in [0.25, 0.3) is 0 Å². The number of aryl methyl sites for hydroxylation is 1. The zero-order valence-corrected chi connectivity index (χ0v) is 14.7. The number of aliphatic hydroxyl groups excluding tert-OH is 1. The summed E-state index contributed by atoms with van der Waals surface area (Å²) in [4.78, 5) is 5.42. The Bertz CT molecular complexity index is 779. The first-order chi connectivity index (χ1) is 11.6. The van der Waals surface area contributed by atoms with Crippen molar-refractivity contribution in [3.05, 3.63) is 40.7 Å². The number of methoxy groups -OCH3 is 1. The van der Waals surface area contributed by atoms with Gasteiger partial charge >= 0.3 is 0 Å². The van der Waals surface area contributed by atoms with E-state index in [0.29, 0.717) is 11.2 Å². The van der Waals surface area contributed by atoms with Gasteiger partial charge in [-0.15, -0.1) is 0 Å². The Kier molecular flexibility index (Phi) is 5.29. The van der Waals surface area contributed by atoms with E-state index in [9.17, 15) is 5.11 Å². The van der Waals surface area contributed by atoms with Crippen molar-refractivity contribution >= 4 is 23.0 Å². The van der Waals surface area contributed by atoms with Crippen LogP contribution in [0.5, 0.6) is 0 Å². The minimum atomic E-state index is -0.868. The lowest BCUT2D eigenvalue weighted by molar-refractivity contribution is -0.0954. The number of hydroxylamine groups is 1. The first kappa shape index (κ1) is 17.5. The molecule has 2 aromatic rings. The van der Waals surface area contributed by atoms with Crippen LogP contribution in [-0.2, 0) is 14.3 Å². The number of nitrogens with zero attached hydrogens (tertiary/aromatic N) is 1. The average molecular weight is 350 g/mol. The number of aliphatic hydroxyl groups is 1. The van der Waals surface area contributed by atoms with Gasteiger partial charge in [0.2, 0.25) is 0 Å². The van der Waals surface area contributed by atoms with Crippen molar-refractivity contribution in [3.8, 4) is 0 Å². The minimum absolute atomic E-state index is 0.319. The van der Waals surface area contributed by atoms with E-state index in [1.54, 1.807) is 18.7 Å². The van der Waals surface area contributed by atoms with Gasteiger partial charge in [0.05, 0.1) is 6.61 Å². The summed E-state index contributed by atoms with van der Waals surface area (Å²) in [5.41, 5.74) is 3.80. The van der Waals surface area contributed by atoms with E-state index in [2.05, 4.69) is 11.5 Å². The molecule has 0 saturated carbocycles. The van der Waals surface area contributed by atoms with Crippen LogP contribution in [0.1, 0.15) is 11.8 Å². The van der Waals surface area contributed by atoms with Gasteiger partial charge in [-0.25, -0.2) is 5.48 Å². The van der Waals surface area contributed by atoms with Crippen LogP contribution in [-0.4, -0.2) is 48.7 Å². The zero-order valence-electron chi connectivity index (χ0n) is 13.9. The third kappa shape index (κ3) is 3.11. The summed E-state index contributed by atoms with van der Waals surface area (Å²) >= 11 is 5.62. The van der Waals surface area contributed by atoms with Crippen LogP contribution in [0.4, 0.5) is 0 Å². The smallest absolute Gasteiger partial charge is 0.164 e. The van der Waals surface area contributed by atoms with E-state index in [-0.39, 0.29) is 0 Å². The van der Waals surface area contributed by atoms with E-state index >= 15 is 0 Å². The molecule has 1 fully saturated rings. The summed E-state index contributed by atoms with van der Waals surface area (Å²) in [7, 11) is 3.23. The maximum Gasteiger partial charge on any atom is 0.164 e. The normalized spacial score (nSPS) is 27.0. The molecule has 130 valence electrons. The highest BCUT2D eigenvalue weighted by atomic mass is 32.1. The molecule has 1 saturated heterocycles. The van der Waals surface area contributed by atoms with Crippen molar-refractivity contribution < 1.29 is 19.4 Å². The third-order valence-corrected chi connectivity index (χ3v) is 4.69. The van der Waals surface area contributed by atoms with Gasteiger partial charge < -0.3 is 19.1 Å². The van der Waals surface area contributed by atoms with Crippen LogP contribution in [0.25, 0.3) is 10.8 Å². The number of ether oxygens (including phenoxy) is 2. The predicted octanol–water partition coefficient (Wildman–Crippen LogP) is 2.10. The number of pyridine rings is 1. The average Bonchev–Trinajstić information content (AvgIpc) is 2.85. The molecule has 4 unspecified atom stereocenters. The van der Waals surface area contributed by atoms with Crippen LogP contribution < -0.4 is 5.48 Å². The molecule has 0 amide bonds. The Morgan fingerprint density at radius 2 is 2.17 bits per heavy atom. The van der Waals surface area contributed by atoms with Crippen LogP contribution in [0.2, 0.25) is 0 Å². The molecular weight excluding hydrogens is 328 g/mol. The van der Waals surface area contributed by atoms with E-state index in [4.69, 9.17) is 26.5 Å². The molecule has 0 radical (unpaired) electrons. The molecule has 6 nitrogen and oxygen atoms in total. The second-order valence-electron chi connectivity index (χ2n) is 5.92. The Balaban J connectivity index is 1.99. The number of aromatic nitrogens is 1. The van der Waals surface area contributed by atoms with Crippen molar-refractivity contribution in [2.45, 2.75) is 31.5 Å². The van der Waals surface area contributed by atoms with Gasteiger partial charge in [-0.2, -0.15) is 0 Å². The molecule has 2 N–H and O–H groups in total. The number of rotatable bonds is 5. The Hall–Kier alpha value is -1.35. The molecular formula is C17H22N2O4S. The second kappa shape index (κ2) is 7.26. The first-order valence-corrected chi connectivity index (χ1v) is 8.24. The Morgan fingerprint density at radius 3 is 2.88 bits per heavy atom. The third-order valence-electron chi connectivity index (χ3n) is 4.26. The van der Waals surface area contributed by atoms with Crippen LogP contribution in [0.3, 0.4) is 0 Å². The summed E-state index contributed by atoms with van der Waals surface area (Å²) < 4.78 is 13.5. The molecule has 1 aromatic heterocycles. The van der Waals surface area contributed by atoms with Crippen LogP contribution in [0.15, 0.2) is 30.5 Å². The molecule has 4 atom stereocenters. The monoisotopic (exact) mass is 350 g/mol. The fourth-order valence-corrected chi connectivity index (χ4v) is 3.46. The molecule has 1 aromatic carbocycles. The highest BCUT2D eigenvalue weighted by Gasteiger charge is 2.45. The quantitative estimate of drug-likeness (QED) is 0.636. The molecule has 7 heteroatoms. The first-order valence-electron chi connectivity index (χ1n) is 7.83. The highest BCUT2D eigenvalue weighted by Crippen LogP contribution is 2.32. The summed E-state index contributed by atoms with van der Waals surface area (Å²) in [6.07, 6.45) is -0.577. The number of nitrogens with one attached hydrogen (secondary N) is 1. The Morgan fingerprint density at radius 1 is 1.38 bits per heavy atom. The van der Waals surface area contributed by atoms with Crippen molar-refractivity contribution in [2.24, 2.45) is 0 Å². The molecule has 0 bridgehead atoms. The van der Waals surface area contributed by atoms with Gasteiger partial charge in [-0.1, -0.05) is 36.0 Å². The van der Waals surface area contributed by atoms with Gasteiger partial charge in [-0.3, -0.25) is 4.84 Å². The molecule has 2 heterocycles. The lowest BCUT2D eigenvalue weighted by atomic mass is 10.1. The summed E-state index contributed by atoms with van der Waals surface area (Å²) in [6, 6.07) is 8.09. The second-order valence-corrected chi connectivity index (χ2v) is 6.30. The fourth-order valence-electron chi connectivity index (χ4n) is 3.11. The van der Waals surface area contributed by atoms with Crippen LogP contribution >= 0.6 is 12.2 Å². The summed E-state index contributed by atoms with van der Waals surface area (Å²) in [5.74, 6) is 0. The number of hydrogen-bond acceptors (Lipinski definition) is 6. The standard InChI is InChI=1S/C17H22N2O4S/c1-10-4-5-12-11(8-10)6-7-19(17(12)24)16-14(20)15(23-18-2)13(22-16)9-21-3/h4-8,13-16,18,20H,9H2,1-3H3. The number of benzene rings is 1. The van der Waals surface area contributed by atoms with E-state index < -0.39 is 24.5 Å².